The Bertz CT molecular complexity index is 1210. The summed E-state index contributed by atoms with van der Waals surface area (Å²) in [5.74, 6) is 0.237. The number of hydrogen-bond acceptors (Lipinski definition) is 6. The van der Waals surface area contributed by atoms with Gasteiger partial charge < -0.3 is 24.4 Å². The van der Waals surface area contributed by atoms with Gasteiger partial charge in [0.05, 0.1) is 25.4 Å². The van der Waals surface area contributed by atoms with Gasteiger partial charge in [-0.3, -0.25) is 9.59 Å². The molecule has 1 heterocycles. The maximum absolute atomic E-state index is 13.4. The molecule has 1 fully saturated rings. The number of esters is 1. The van der Waals surface area contributed by atoms with Gasteiger partial charge in [-0.05, 0) is 67.8 Å². The van der Waals surface area contributed by atoms with Crippen LogP contribution >= 0.6 is 0 Å². The van der Waals surface area contributed by atoms with E-state index in [1.165, 1.54) is 13.5 Å². The summed E-state index contributed by atoms with van der Waals surface area (Å²) in [6, 6.07) is 14.1. The van der Waals surface area contributed by atoms with Crippen LogP contribution in [0.4, 0.5) is 5.69 Å². The summed E-state index contributed by atoms with van der Waals surface area (Å²) in [6.45, 7) is 1.66. The van der Waals surface area contributed by atoms with Crippen molar-refractivity contribution in [3.63, 3.8) is 0 Å². The van der Waals surface area contributed by atoms with E-state index in [9.17, 15) is 14.4 Å². The van der Waals surface area contributed by atoms with E-state index >= 15 is 0 Å². The van der Waals surface area contributed by atoms with Gasteiger partial charge >= 0.3 is 5.97 Å². The largest absolute Gasteiger partial charge is 0.497 e. The molecule has 0 atom stereocenters. The molecule has 8 heteroatoms. The average molecular weight is 505 g/mol. The summed E-state index contributed by atoms with van der Waals surface area (Å²) in [6.07, 6.45) is 6.90. The number of methoxy groups -OCH3 is 2. The van der Waals surface area contributed by atoms with Crippen molar-refractivity contribution in [1.29, 1.82) is 0 Å². The van der Waals surface area contributed by atoms with E-state index in [0.29, 0.717) is 34.0 Å². The Morgan fingerprint density at radius 1 is 0.973 bits per heavy atom. The molecule has 1 aliphatic carbocycles. The minimum absolute atomic E-state index is 0.103. The van der Waals surface area contributed by atoms with Crippen LogP contribution in [0.2, 0.25) is 0 Å². The van der Waals surface area contributed by atoms with Crippen molar-refractivity contribution in [2.75, 3.05) is 26.1 Å². The second kappa shape index (κ2) is 11.8. The molecule has 8 nitrogen and oxygen atoms in total. The highest BCUT2D eigenvalue weighted by Crippen LogP contribution is 2.37. The molecule has 4 rings (SSSR count). The van der Waals surface area contributed by atoms with Crippen LogP contribution < -0.4 is 14.8 Å². The van der Waals surface area contributed by atoms with Crippen LogP contribution in [0.15, 0.2) is 65.4 Å². The van der Waals surface area contributed by atoms with Gasteiger partial charge in [-0.25, -0.2) is 4.79 Å². The second-order valence-corrected chi connectivity index (χ2v) is 9.11. The Hall–Kier alpha value is -4.07. The number of anilines is 1. The Balaban J connectivity index is 1.43. The van der Waals surface area contributed by atoms with Crippen LogP contribution in [0.5, 0.6) is 11.5 Å². The Kier molecular flexibility index (Phi) is 8.28. The number of allylic oxidation sites excluding steroid dienone is 1. The van der Waals surface area contributed by atoms with Gasteiger partial charge in [-0.1, -0.05) is 31.4 Å². The minimum atomic E-state index is -0.516. The van der Waals surface area contributed by atoms with Crippen LogP contribution in [-0.4, -0.2) is 49.6 Å². The Labute approximate surface area is 216 Å². The summed E-state index contributed by atoms with van der Waals surface area (Å²) in [5, 5.41) is 2.76. The van der Waals surface area contributed by atoms with Crippen LogP contribution in [0.3, 0.4) is 0 Å². The first-order chi connectivity index (χ1) is 17.9. The number of amides is 2. The zero-order valence-electron chi connectivity index (χ0n) is 21.4. The summed E-state index contributed by atoms with van der Waals surface area (Å²) < 4.78 is 15.7. The number of carbonyl (C=O) groups excluding carboxylic acids is 3. The fourth-order valence-corrected chi connectivity index (χ4v) is 4.82. The van der Waals surface area contributed by atoms with Gasteiger partial charge in [0, 0.05) is 17.4 Å². The predicted molar refractivity (Wildman–Crippen MR) is 140 cm³/mol. The molecule has 2 aliphatic rings. The molecule has 0 aromatic heterocycles. The normalized spacial score (nSPS) is 17.2. The van der Waals surface area contributed by atoms with Gasteiger partial charge in [0.25, 0.3) is 11.8 Å². The molecule has 1 aliphatic heterocycles. The summed E-state index contributed by atoms with van der Waals surface area (Å²) >= 11 is 0. The van der Waals surface area contributed by atoms with Gasteiger partial charge in [0.2, 0.25) is 0 Å². The van der Waals surface area contributed by atoms with E-state index in [4.69, 9.17) is 14.2 Å². The van der Waals surface area contributed by atoms with Crippen molar-refractivity contribution < 1.29 is 28.6 Å². The quantitative estimate of drug-likeness (QED) is 0.413. The highest BCUT2D eigenvalue weighted by Gasteiger charge is 2.40. The fraction of sp³-hybridized carbons (Fsp3) is 0.345. The lowest BCUT2D eigenvalue weighted by atomic mass is 9.94. The van der Waals surface area contributed by atoms with Crippen LogP contribution in [0, 0.1) is 0 Å². The third-order valence-corrected chi connectivity index (χ3v) is 6.71. The number of rotatable bonds is 8. The molecule has 37 heavy (non-hydrogen) atoms. The van der Waals surface area contributed by atoms with Crippen molar-refractivity contribution in [2.45, 2.75) is 45.1 Å². The number of carbonyl (C=O) groups is 3. The molecular formula is C29H32N2O6. The molecule has 0 bridgehead atoms. The van der Waals surface area contributed by atoms with Crippen LogP contribution in [0.25, 0.3) is 6.08 Å². The molecule has 1 N–H and O–H groups in total. The molecule has 2 aromatic rings. The number of ether oxygens (including phenoxy) is 3. The highest BCUT2D eigenvalue weighted by atomic mass is 16.5. The van der Waals surface area contributed by atoms with E-state index in [1.54, 1.807) is 66.6 Å². The SMILES string of the molecule is COC(=O)C1=C(C)N(C2CCCCC2)C(=O)/C1=C\c1ccc(OCC(=O)Nc2ccc(OC)cc2)cc1. The molecule has 194 valence electrons. The van der Waals surface area contributed by atoms with Crippen LogP contribution in [0.1, 0.15) is 44.6 Å². The van der Waals surface area contributed by atoms with Crippen molar-refractivity contribution in [2.24, 2.45) is 0 Å². The molecular weight excluding hydrogens is 472 g/mol. The van der Waals surface area contributed by atoms with Gasteiger partial charge in [-0.2, -0.15) is 0 Å². The molecule has 0 saturated heterocycles. The molecule has 2 aromatic carbocycles. The van der Waals surface area contributed by atoms with Crippen molar-refractivity contribution >= 4 is 29.5 Å². The number of hydrogen-bond donors (Lipinski definition) is 1. The van der Waals surface area contributed by atoms with E-state index in [2.05, 4.69) is 5.32 Å². The number of benzene rings is 2. The summed E-state index contributed by atoms with van der Waals surface area (Å²) in [4.78, 5) is 40.0. The number of nitrogens with one attached hydrogen (secondary N) is 1. The van der Waals surface area contributed by atoms with E-state index < -0.39 is 5.97 Å². The zero-order chi connectivity index (χ0) is 26.4. The Morgan fingerprint density at radius 3 is 2.24 bits per heavy atom. The minimum Gasteiger partial charge on any atom is -0.497 e. The average Bonchev–Trinajstić information content (AvgIpc) is 3.17. The first-order valence-corrected chi connectivity index (χ1v) is 12.4. The second-order valence-electron chi connectivity index (χ2n) is 9.11. The molecule has 0 unspecified atom stereocenters. The summed E-state index contributed by atoms with van der Waals surface area (Å²) in [5.41, 5.74) is 2.68. The lowest BCUT2D eigenvalue weighted by molar-refractivity contribution is -0.136. The monoisotopic (exact) mass is 504 g/mol. The lowest BCUT2D eigenvalue weighted by Gasteiger charge is -2.32. The first kappa shape index (κ1) is 26.0. The standard InChI is InChI=1S/C29H32N2O6/c1-19-27(29(34)36-3)25(28(33)31(19)22-7-5-4-6-8-22)17-20-9-13-24(14-10-20)37-18-26(32)30-21-11-15-23(35-2)16-12-21/h9-17,22H,4-8,18H2,1-3H3,(H,30,32)/b25-17-. The van der Waals surface area contributed by atoms with E-state index in [-0.39, 0.29) is 24.5 Å². The fourth-order valence-electron chi connectivity index (χ4n) is 4.82. The van der Waals surface area contributed by atoms with Gasteiger partial charge in [0.15, 0.2) is 6.61 Å². The van der Waals surface area contributed by atoms with Gasteiger partial charge in [-0.15, -0.1) is 0 Å². The van der Waals surface area contributed by atoms with Gasteiger partial charge in [0.1, 0.15) is 11.5 Å². The molecule has 2 amide bonds. The van der Waals surface area contributed by atoms with Crippen molar-refractivity contribution in [1.82, 2.24) is 4.90 Å². The maximum Gasteiger partial charge on any atom is 0.340 e. The third-order valence-electron chi connectivity index (χ3n) is 6.71. The zero-order valence-corrected chi connectivity index (χ0v) is 21.4. The highest BCUT2D eigenvalue weighted by molar-refractivity contribution is 6.16. The smallest absolute Gasteiger partial charge is 0.340 e. The first-order valence-electron chi connectivity index (χ1n) is 12.4. The van der Waals surface area contributed by atoms with Crippen molar-refractivity contribution in [3.8, 4) is 11.5 Å². The third kappa shape index (κ3) is 6.02. The van der Waals surface area contributed by atoms with Crippen molar-refractivity contribution in [3.05, 3.63) is 70.9 Å². The summed E-state index contributed by atoms with van der Waals surface area (Å²) in [7, 11) is 2.90. The van der Waals surface area contributed by atoms with E-state index in [0.717, 1.165) is 31.2 Å². The topological polar surface area (TPSA) is 94.2 Å². The lowest BCUT2D eigenvalue weighted by Crippen LogP contribution is -2.37. The molecule has 0 radical (unpaired) electrons. The number of nitrogens with zero attached hydrogens (tertiary/aromatic N) is 1. The molecule has 0 spiro atoms. The molecule has 1 saturated carbocycles. The Morgan fingerprint density at radius 2 is 1.62 bits per heavy atom. The predicted octanol–water partition coefficient (Wildman–Crippen LogP) is 4.72. The van der Waals surface area contributed by atoms with Crippen LogP contribution in [-0.2, 0) is 19.1 Å². The van der Waals surface area contributed by atoms with E-state index in [1.807, 2.05) is 6.92 Å². The maximum atomic E-state index is 13.4.